The van der Waals surface area contributed by atoms with Gasteiger partial charge in [0.1, 0.15) is 5.76 Å². The molecule has 1 fully saturated rings. The molecule has 5 nitrogen and oxygen atoms in total. The zero-order chi connectivity index (χ0) is 23.0. The standard InChI is InChI=1S/C27H33N3O2S/c1-19-7-13-24(14-8-19)33-18-25-20(2)32-27(30-25)22-11-9-21(10-12-22)26(31)29-17-15-23-6-4-3-5-16-28-23/h7-14,23,28H,3-6,15-18H2,1-2H3,(H,29,31). The lowest BCUT2D eigenvalue weighted by molar-refractivity contribution is 0.0952. The first kappa shape index (κ1) is 23.6. The van der Waals surface area contributed by atoms with Gasteiger partial charge in [0.2, 0.25) is 5.89 Å². The van der Waals surface area contributed by atoms with Crippen molar-refractivity contribution in [2.24, 2.45) is 0 Å². The first-order valence-corrected chi connectivity index (χ1v) is 12.8. The van der Waals surface area contributed by atoms with Crippen molar-refractivity contribution in [2.45, 2.75) is 62.6 Å². The Morgan fingerprint density at radius 2 is 1.88 bits per heavy atom. The molecule has 1 unspecified atom stereocenters. The molecule has 174 valence electrons. The number of nitrogens with zero attached hydrogens (tertiary/aromatic N) is 1. The summed E-state index contributed by atoms with van der Waals surface area (Å²) in [4.78, 5) is 18.4. The molecular weight excluding hydrogens is 430 g/mol. The summed E-state index contributed by atoms with van der Waals surface area (Å²) in [5.74, 6) is 2.15. The van der Waals surface area contributed by atoms with Crippen LogP contribution in [0, 0.1) is 13.8 Å². The lowest BCUT2D eigenvalue weighted by Crippen LogP contribution is -2.33. The van der Waals surface area contributed by atoms with Crippen LogP contribution in [0.2, 0.25) is 0 Å². The van der Waals surface area contributed by atoms with E-state index in [1.807, 2.05) is 31.2 Å². The van der Waals surface area contributed by atoms with Crippen LogP contribution in [0.4, 0.5) is 0 Å². The number of amides is 1. The number of hydrogen-bond donors (Lipinski definition) is 2. The summed E-state index contributed by atoms with van der Waals surface area (Å²) < 4.78 is 5.92. The van der Waals surface area contributed by atoms with Crippen molar-refractivity contribution >= 4 is 17.7 Å². The number of rotatable bonds is 8. The first-order valence-electron chi connectivity index (χ1n) is 11.9. The molecule has 2 heterocycles. The Labute approximate surface area is 200 Å². The second-order valence-electron chi connectivity index (χ2n) is 8.75. The Bertz CT molecular complexity index is 1040. The Morgan fingerprint density at radius 3 is 2.67 bits per heavy atom. The van der Waals surface area contributed by atoms with Crippen LogP contribution in [0.1, 0.15) is 59.5 Å². The van der Waals surface area contributed by atoms with Gasteiger partial charge in [-0.2, -0.15) is 0 Å². The van der Waals surface area contributed by atoms with E-state index in [1.165, 1.54) is 36.1 Å². The molecule has 1 saturated heterocycles. The predicted octanol–water partition coefficient (Wildman–Crippen LogP) is 5.90. The maximum absolute atomic E-state index is 12.5. The number of carbonyl (C=O) groups excluding carboxylic acids is 1. The quantitative estimate of drug-likeness (QED) is 0.407. The second-order valence-corrected chi connectivity index (χ2v) is 9.79. The smallest absolute Gasteiger partial charge is 0.251 e. The van der Waals surface area contributed by atoms with E-state index in [2.05, 4.69) is 41.8 Å². The molecule has 2 aromatic carbocycles. The van der Waals surface area contributed by atoms with Gasteiger partial charge in [0.25, 0.3) is 5.91 Å². The molecular formula is C27H33N3O2S. The van der Waals surface area contributed by atoms with Crippen LogP contribution < -0.4 is 10.6 Å². The Balaban J connectivity index is 1.30. The molecule has 0 saturated carbocycles. The average molecular weight is 464 g/mol. The van der Waals surface area contributed by atoms with Crippen LogP contribution >= 0.6 is 11.8 Å². The zero-order valence-corrected chi connectivity index (χ0v) is 20.3. The van der Waals surface area contributed by atoms with Gasteiger partial charge in [-0.1, -0.05) is 30.5 Å². The van der Waals surface area contributed by atoms with E-state index in [4.69, 9.17) is 9.40 Å². The molecule has 2 N–H and O–H groups in total. The van der Waals surface area contributed by atoms with Gasteiger partial charge in [-0.25, -0.2) is 4.98 Å². The number of thioether (sulfide) groups is 1. The van der Waals surface area contributed by atoms with Crippen LogP contribution in [0.3, 0.4) is 0 Å². The molecule has 1 aliphatic heterocycles. The molecule has 0 radical (unpaired) electrons. The van der Waals surface area contributed by atoms with Crippen LogP contribution in [0.25, 0.3) is 11.5 Å². The number of benzene rings is 2. The topological polar surface area (TPSA) is 67.2 Å². The van der Waals surface area contributed by atoms with Crippen molar-refractivity contribution in [1.29, 1.82) is 0 Å². The van der Waals surface area contributed by atoms with Crippen molar-refractivity contribution < 1.29 is 9.21 Å². The summed E-state index contributed by atoms with van der Waals surface area (Å²) in [6.45, 7) is 5.83. The van der Waals surface area contributed by atoms with Crippen molar-refractivity contribution in [2.75, 3.05) is 13.1 Å². The van der Waals surface area contributed by atoms with Crippen molar-refractivity contribution in [3.05, 3.63) is 71.1 Å². The van der Waals surface area contributed by atoms with Crippen LogP contribution in [-0.2, 0) is 5.75 Å². The molecule has 4 rings (SSSR count). The molecule has 1 amide bonds. The number of aromatic nitrogens is 1. The summed E-state index contributed by atoms with van der Waals surface area (Å²) in [5.41, 5.74) is 3.74. The van der Waals surface area contributed by atoms with Gasteiger partial charge in [-0.3, -0.25) is 4.79 Å². The summed E-state index contributed by atoms with van der Waals surface area (Å²) in [6, 6.07) is 16.5. The lowest BCUT2D eigenvalue weighted by atomic mass is 10.1. The monoisotopic (exact) mass is 463 g/mol. The zero-order valence-electron chi connectivity index (χ0n) is 19.5. The van der Waals surface area contributed by atoms with Gasteiger partial charge in [0.15, 0.2) is 0 Å². The van der Waals surface area contributed by atoms with Gasteiger partial charge in [-0.05, 0) is 76.1 Å². The van der Waals surface area contributed by atoms with E-state index < -0.39 is 0 Å². The molecule has 33 heavy (non-hydrogen) atoms. The minimum Gasteiger partial charge on any atom is -0.441 e. The fraction of sp³-hybridized carbons (Fsp3) is 0.407. The molecule has 1 atom stereocenters. The molecule has 1 aliphatic rings. The van der Waals surface area contributed by atoms with Crippen molar-refractivity contribution in [3.63, 3.8) is 0 Å². The minimum atomic E-state index is -0.0334. The maximum atomic E-state index is 12.5. The normalized spacial score (nSPS) is 16.4. The fourth-order valence-corrected chi connectivity index (χ4v) is 4.94. The van der Waals surface area contributed by atoms with E-state index >= 15 is 0 Å². The van der Waals surface area contributed by atoms with E-state index in [0.29, 0.717) is 24.0 Å². The number of nitrogens with one attached hydrogen (secondary N) is 2. The number of oxazole rings is 1. The summed E-state index contributed by atoms with van der Waals surface area (Å²) >= 11 is 1.75. The van der Waals surface area contributed by atoms with Gasteiger partial charge in [0, 0.05) is 34.4 Å². The molecule has 0 aliphatic carbocycles. The predicted molar refractivity (Wildman–Crippen MR) is 135 cm³/mol. The maximum Gasteiger partial charge on any atom is 0.251 e. The summed E-state index contributed by atoms with van der Waals surface area (Å²) in [5, 5.41) is 6.63. The number of carbonyl (C=O) groups is 1. The summed E-state index contributed by atoms with van der Waals surface area (Å²) in [7, 11) is 0. The molecule has 6 heteroatoms. The SMILES string of the molecule is Cc1ccc(SCc2nc(-c3ccc(C(=O)NCCC4CCCCCN4)cc3)oc2C)cc1. The van der Waals surface area contributed by atoms with E-state index in [0.717, 1.165) is 35.7 Å². The van der Waals surface area contributed by atoms with Crippen LogP contribution in [0.15, 0.2) is 57.8 Å². The average Bonchev–Trinajstić information content (AvgIpc) is 3.02. The van der Waals surface area contributed by atoms with Crippen LogP contribution in [0.5, 0.6) is 0 Å². The number of aryl methyl sites for hydroxylation is 2. The number of hydrogen-bond acceptors (Lipinski definition) is 5. The largest absolute Gasteiger partial charge is 0.441 e. The highest BCUT2D eigenvalue weighted by atomic mass is 32.2. The second kappa shape index (κ2) is 11.5. The first-order chi connectivity index (χ1) is 16.1. The molecule has 0 spiro atoms. The molecule has 3 aromatic rings. The van der Waals surface area contributed by atoms with E-state index in [1.54, 1.807) is 11.8 Å². The highest BCUT2D eigenvalue weighted by Gasteiger charge is 2.14. The molecule has 0 bridgehead atoms. The van der Waals surface area contributed by atoms with Gasteiger partial charge < -0.3 is 15.1 Å². The van der Waals surface area contributed by atoms with Crippen molar-refractivity contribution in [1.82, 2.24) is 15.6 Å². The van der Waals surface area contributed by atoms with E-state index in [-0.39, 0.29) is 5.91 Å². The lowest BCUT2D eigenvalue weighted by Gasteiger charge is -2.15. The van der Waals surface area contributed by atoms with Crippen molar-refractivity contribution in [3.8, 4) is 11.5 Å². The highest BCUT2D eigenvalue weighted by Crippen LogP contribution is 2.28. The Hall–Kier alpha value is -2.57. The van der Waals surface area contributed by atoms with Crippen LogP contribution in [-0.4, -0.2) is 30.0 Å². The van der Waals surface area contributed by atoms with Gasteiger partial charge in [-0.15, -0.1) is 11.8 Å². The highest BCUT2D eigenvalue weighted by molar-refractivity contribution is 7.98. The van der Waals surface area contributed by atoms with Gasteiger partial charge in [0.05, 0.1) is 5.69 Å². The third-order valence-electron chi connectivity index (χ3n) is 6.12. The van der Waals surface area contributed by atoms with E-state index in [9.17, 15) is 4.79 Å². The minimum absolute atomic E-state index is 0.0334. The molecule has 1 aromatic heterocycles. The summed E-state index contributed by atoms with van der Waals surface area (Å²) in [6.07, 6.45) is 6.01. The fourth-order valence-electron chi connectivity index (χ4n) is 4.04. The van der Waals surface area contributed by atoms with Gasteiger partial charge >= 0.3 is 0 Å². The Morgan fingerprint density at radius 1 is 1.09 bits per heavy atom. The third kappa shape index (κ3) is 6.71. The Kier molecular flexibility index (Phi) is 8.24. The third-order valence-corrected chi connectivity index (χ3v) is 7.15.